The highest BCUT2D eigenvalue weighted by Crippen LogP contribution is 2.33. The standard InChI is InChI=1S/C13H20F3IN2O3Si/c1-5-22-12(20)10-9(17)11(13(14,15)16)18-19(10)8-21-6-7-23(2,3)4/h5-8H2,1-4H3. The topological polar surface area (TPSA) is 53.3 Å². The molecule has 0 saturated heterocycles. The second-order valence-electron chi connectivity index (χ2n) is 6.08. The third-order valence-corrected chi connectivity index (χ3v) is 5.57. The molecule has 1 aromatic rings. The average Bonchev–Trinajstić information content (AvgIpc) is 2.71. The quantitative estimate of drug-likeness (QED) is 0.265. The van der Waals surface area contributed by atoms with Gasteiger partial charge in [0.2, 0.25) is 0 Å². The molecule has 5 nitrogen and oxygen atoms in total. The zero-order valence-corrected chi connectivity index (χ0v) is 16.6. The molecule has 0 aromatic carbocycles. The number of carbonyl (C=O) groups is 1. The lowest BCUT2D eigenvalue weighted by atomic mass is 10.3. The number of rotatable bonds is 7. The van der Waals surface area contributed by atoms with Crippen LogP contribution in [0.15, 0.2) is 0 Å². The molecule has 0 radical (unpaired) electrons. The molecule has 1 rings (SSSR count). The van der Waals surface area contributed by atoms with Gasteiger partial charge in [-0.3, -0.25) is 0 Å². The molecule has 0 fully saturated rings. The van der Waals surface area contributed by atoms with Crippen LogP contribution in [0.5, 0.6) is 0 Å². The minimum Gasteiger partial charge on any atom is -0.461 e. The second-order valence-corrected chi connectivity index (χ2v) is 12.8. The highest BCUT2D eigenvalue weighted by molar-refractivity contribution is 14.1. The maximum Gasteiger partial charge on any atom is 0.436 e. The number of hydrogen-bond donors (Lipinski definition) is 0. The molecule has 0 bridgehead atoms. The van der Waals surface area contributed by atoms with Crippen molar-refractivity contribution in [2.24, 2.45) is 0 Å². The highest BCUT2D eigenvalue weighted by Gasteiger charge is 2.40. The lowest BCUT2D eigenvalue weighted by molar-refractivity contribution is -0.142. The molecule has 0 N–H and O–H groups in total. The molecule has 10 heteroatoms. The first-order chi connectivity index (χ1) is 10.5. The molecular formula is C13H20F3IN2O3Si. The minimum absolute atomic E-state index is 0.0674. The van der Waals surface area contributed by atoms with E-state index < -0.39 is 25.9 Å². The Hall–Kier alpha value is -0.623. The van der Waals surface area contributed by atoms with Gasteiger partial charge in [-0.2, -0.15) is 18.3 Å². The predicted octanol–water partition coefficient (Wildman–Crippen LogP) is 4.00. The van der Waals surface area contributed by atoms with E-state index in [4.69, 9.17) is 9.47 Å². The predicted molar refractivity (Wildman–Crippen MR) is 90.0 cm³/mol. The molecule has 1 heterocycles. The molecule has 0 aliphatic heterocycles. The van der Waals surface area contributed by atoms with E-state index in [-0.39, 0.29) is 22.6 Å². The van der Waals surface area contributed by atoms with Crippen LogP contribution >= 0.6 is 22.6 Å². The van der Waals surface area contributed by atoms with Crippen molar-refractivity contribution in [2.45, 2.75) is 45.5 Å². The van der Waals surface area contributed by atoms with Gasteiger partial charge in [0.05, 0.1) is 10.2 Å². The number of ether oxygens (including phenoxy) is 2. The van der Waals surface area contributed by atoms with Gasteiger partial charge in [0.15, 0.2) is 11.4 Å². The van der Waals surface area contributed by atoms with E-state index >= 15 is 0 Å². The van der Waals surface area contributed by atoms with Crippen molar-refractivity contribution in [3.63, 3.8) is 0 Å². The Morgan fingerprint density at radius 2 is 1.96 bits per heavy atom. The molecule has 0 unspecified atom stereocenters. The molecule has 0 spiro atoms. The fourth-order valence-electron chi connectivity index (χ4n) is 1.64. The van der Waals surface area contributed by atoms with Crippen LogP contribution in [-0.4, -0.2) is 37.0 Å². The van der Waals surface area contributed by atoms with E-state index in [0.717, 1.165) is 10.7 Å². The molecule has 23 heavy (non-hydrogen) atoms. The number of carbonyl (C=O) groups excluding carboxylic acids is 1. The van der Waals surface area contributed by atoms with Crippen LogP contribution in [0, 0.1) is 3.57 Å². The number of aromatic nitrogens is 2. The van der Waals surface area contributed by atoms with Crippen molar-refractivity contribution in [3.05, 3.63) is 15.0 Å². The smallest absolute Gasteiger partial charge is 0.436 e. The molecule has 0 aliphatic rings. The lowest BCUT2D eigenvalue weighted by Gasteiger charge is -2.15. The van der Waals surface area contributed by atoms with Crippen LogP contribution in [0.4, 0.5) is 13.2 Å². The zero-order chi connectivity index (χ0) is 17.8. The van der Waals surface area contributed by atoms with E-state index in [1.54, 1.807) is 6.92 Å². The van der Waals surface area contributed by atoms with Gasteiger partial charge in [-0.05, 0) is 35.6 Å². The Kier molecular flexibility index (Phi) is 7.07. The van der Waals surface area contributed by atoms with Crippen LogP contribution in [-0.2, 0) is 22.4 Å². The van der Waals surface area contributed by atoms with Gasteiger partial charge >= 0.3 is 12.1 Å². The van der Waals surface area contributed by atoms with Crippen LogP contribution in [0.1, 0.15) is 23.1 Å². The third kappa shape index (κ3) is 6.07. The average molecular weight is 464 g/mol. The summed E-state index contributed by atoms with van der Waals surface area (Å²) in [6.07, 6.45) is -4.64. The maximum atomic E-state index is 13.0. The van der Waals surface area contributed by atoms with Crippen molar-refractivity contribution in [2.75, 3.05) is 13.2 Å². The summed E-state index contributed by atoms with van der Waals surface area (Å²) in [5.74, 6) is -0.839. The first-order valence-electron chi connectivity index (χ1n) is 7.05. The van der Waals surface area contributed by atoms with Crippen molar-refractivity contribution in [1.82, 2.24) is 9.78 Å². The second kappa shape index (κ2) is 7.97. The number of halogens is 4. The van der Waals surface area contributed by atoms with E-state index in [1.165, 1.54) is 22.6 Å². The first-order valence-corrected chi connectivity index (χ1v) is 11.8. The molecule has 0 aliphatic carbocycles. The van der Waals surface area contributed by atoms with Crippen molar-refractivity contribution < 1.29 is 27.4 Å². The van der Waals surface area contributed by atoms with Crippen LogP contribution < -0.4 is 0 Å². The Labute approximate surface area is 147 Å². The Bertz CT molecular complexity index is 556. The summed E-state index contributed by atoms with van der Waals surface area (Å²) in [4.78, 5) is 11.9. The SMILES string of the molecule is CCOC(=O)c1c(I)c(C(F)(F)F)nn1COCC[Si](C)(C)C. The van der Waals surface area contributed by atoms with Gasteiger partial charge in [-0.25, -0.2) is 9.48 Å². The number of alkyl halides is 3. The molecule has 0 saturated carbocycles. The molecular weight excluding hydrogens is 444 g/mol. The van der Waals surface area contributed by atoms with Gasteiger partial charge in [0.1, 0.15) is 6.73 Å². The van der Waals surface area contributed by atoms with Crippen LogP contribution in [0.3, 0.4) is 0 Å². The van der Waals surface area contributed by atoms with E-state index in [2.05, 4.69) is 24.7 Å². The number of hydrogen-bond acceptors (Lipinski definition) is 4. The maximum absolute atomic E-state index is 13.0. The summed E-state index contributed by atoms with van der Waals surface area (Å²) in [7, 11) is -1.31. The van der Waals surface area contributed by atoms with Crippen LogP contribution in [0.25, 0.3) is 0 Å². The number of nitrogens with zero attached hydrogens (tertiary/aromatic N) is 2. The third-order valence-electron chi connectivity index (χ3n) is 2.84. The van der Waals surface area contributed by atoms with Crippen molar-refractivity contribution in [3.8, 4) is 0 Å². The largest absolute Gasteiger partial charge is 0.461 e. The van der Waals surface area contributed by atoms with Gasteiger partial charge in [-0.15, -0.1) is 0 Å². The van der Waals surface area contributed by atoms with Crippen molar-refractivity contribution >= 4 is 36.6 Å². The van der Waals surface area contributed by atoms with Gasteiger partial charge < -0.3 is 9.47 Å². The summed E-state index contributed by atoms with van der Waals surface area (Å²) in [5.41, 5.74) is -1.33. The fourth-order valence-corrected chi connectivity index (χ4v) is 3.31. The molecule has 0 atom stereocenters. The van der Waals surface area contributed by atoms with E-state index in [1.807, 2.05) is 0 Å². The molecule has 132 valence electrons. The van der Waals surface area contributed by atoms with E-state index in [9.17, 15) is 18.0 Å². The summed E-state index contributed by atoms with van der Waals surface area (Å²) in [5, 5.41) is 3.49. The van der Waals surface area contributed by atoms with E-state index in [0.29, 0.717) is 6.61 Å². The Morgan fingerprint density at radius 1 is 1.35 bits per heavy atom. The normalized spacial score (nSPS) is 12.5. The summed E-state index contributed by atoms with van der Waals surface area (Å²) < 4.78 is 49.8. The molecule has 1 aromatic heterocycles. The summed E-state index contributed by atoms with van der Waals surface area (Å²) in [6, 6.07) is 0.867. The Morgan fingerprint density at radius 3 is 2.43 bits per heavy atom. The first kappa shape index (κ1) is 20.4. The monoisotopic (exact) mass is 464 g/mol. The van der Waals surface area contributed by atoms with Crippen LogP contribution in [0.2, 0.25) is 25.7 Å². The minimum atomic E-state index is -4.64. The Balaban J connectivity index is 2.98. The van der Waals surface area contributed by atoms with Crippen molar-refractivity contribution in [1.29, 1.82) is 0 Å². The fraction of sp³-hybridized carbons (Fsp3) is 0.692. The number of esters is 1. The summed E-state index contributed by atoms with van der Waals surface area (Å²) in [6.45, 7) is 8.34. The lowest BCUT2D eigenvalue weighted by Crippen LogP contribution is -2.23. The molecule has 0 amide bonds. The summed E-state index contributed by atoms with van der Waals surface area (Å²) >= 11 is 1.46. The zero-order valence-electron chi connectivity index (χ0n) is 13.5. The van der Waals surface area contributed by atoms with Gasteiger partial charge in [0, 0.05) is 14.7 Å². The van der Waals surface area contributed by atoms with Gasteiger partial charge in [0.25, 0.3) is 0 Å². The highest BCUT2D eigenvalue weighted by atomic mass is 127. The van der Waals surface area contributed by atoms with Gasteiger partial charge in [-0.1, -0.05) is 19.6 Å².